The molecule has 0 radical (unpaired) electrons. The lowest BCUT2D eigenvalue weighted by molar-refractivity contribution is -0.143. The molecule has 0 saturated carbocycles. The van der Waals surface area contributed by atoms with Gasteiger partial charge < -0.3 is 10.1 Å². The van der Waals surface area contributed by atoms with Crippen LogP contribution in [0.4, 0.5) is 0 Å². The van der Waals surface area contributed by atoms with Crippen molar-refractivity contribution in [3.63, 3.8) is 0 Å². The van der Waals surface area contributed by atoms with Crippen LogP contribution in [0.15, 0.2) is 24.3 Å². The van der Waals surface area contributed by atoms with Gasteiger partial charge >= 0.3 is 5.97 Å². The normalized spacial score (nSPS) is 17.0. The van der Waals surface area contributed by atoms with Crippen molar-refractivity contribution < 1.29 is 22.7 Å². The average molecular weight is 460 g/mol. The molecule has 2 N–H and O–H groups in total. The molecule has 168 valence electrons. The zero-order chi connectivity index (χ0) is 22.3. The first-order valence-corrected chi connectivity index (χ1v) is 11.8. The summed E-state index contributed by atoms with van der Waals surface area (Å²) < 4.78 is 33.8. The third kappa shape index (κ3) is 7.23. The van der Waals surface area contributed by atoms with Crippen LogP contribution >= 0.6 is 11.6 Å². The predicted molar refractivity (Wildman–Crippen MR) is 115 cm³/mol. The summed E-state index contributed by atoms with van der Waals surface area (Å²) >= 11 is 5.85. The van der Waals surface area contributed by atoms with Crippen molar-refractivity contribution in [3.8, 4) is 0 Å². The molecule has 1 saturated heterocycles. The summed E-state index contributed by atoms with van der Waals surface area (Å²) in [6.45, 7) is 4.53. The number of carbonyl (C=O) groups is 2. The molecule has 30 heavy (non-hydrogen) atoms. The van der Waals surface area contributed by atoms with Gasteiger partial charge in [0.05, 0.1) is 7.11 Å². The Hall–Kier alpha value is -1.68. The molecule has 0 aromatic heterocycles. The van der Waals surface area contributed by atoms with E-state index in [1.807, 2.05) is 12.1 Å². The first kappa shape index (κ1) is 24.6. The Balaban J connectivity index is 1.81. The number of methoxy groups -OCH3 is 1. The topological polar surface area (TPSA) is 105 Å². The minimum absolute atomic E-state index is 0.0602. The molecular formula is C20H30ClN3O5S. The largest absolute Gasteiger partial charge is 0.468 e. The Labute approximate surface area is 183 Å². The third-order valence-corrected chi connectivity index (χ3v) is 7.04. The summed E-state index contributed by atoms with van der Waals surface area (Å²) in [7, 11) is -2.58. The van der Waals surface area contributed by atoms with Gasteiger partial charge in [-0.1, -0.05) is 37.6 Å². The highest BCUT2D eigenvalue weighted by Gasteiger charge is 2.34. The van der Waals surface area contributed by atoms with Crippen molar-refractivity contribution in [2.24, 2.45) is 11.8 Å². The number of ether oxygens (including phenoxy) is 1. The standard InChI is InChI=1S/C20H30ClN3O5S/c1-14(2)19(20(26)29-3)23-30(27,28)24-10-8-15(9-11-24)12-18(25)22-13-16-4-6-17(21)7-5-16/h4-7,14-15,19,23H,8-13H2,1-3H3,(H,22,25). The number of esters is 1. The number of amides is 1. The van der Waals surface area contributed by atoms with Crippen LogP contribution in [0.5, 0.6) is 0 Å². The number of nitrogens with one attached hydrogen (secondary N) is 2. The monoisotopic (exact) mass is 459 g/mol. The zero-order valence-electron chi connectivity index (χ0n) is 17.6. The van der Waals surface area contributed by atoms with Crippen molar-refractivity contribution in [2.75, 3.05) is 20.2 Å². The summed E-state index contributed by atoms with van der Waals surface area (Å²) in [5, 5.41) is 3.53. The quantitative estimate of drug-likeness (QED) is 0.550. The van der Waals surface area contributed by atoms with Crippen LogP contribution in [-0.2, 0) is 31.1 Å². The van der Waals surface area contributed by atoms with Crippen LogP contribution in [0, 0.1) is 11.8 Å². The van der Waals surface area contributed by atoms with Crippen LogP contribution in [0.1, 0.15) is 38.7 Å². The highest BCUT2D eigenvalue weighted by molar-refractivity contribution is 7.87. The van der Waals surface area contributed by atoms with Crippen molar-refractivity contribution in [1.29, 1.82) is 0 Å². The van der Waals surface area contributed by atoms with Crippen LogP contribution in [0.2, 0.25) is 5.02 Å². The van der Waals surface area contributed by atoms with Gasteiger partial charge in [-0.05, 0) is 42.4 Å². The average Bonchev–Trinajstić information content (AvgIpc) is 2.71. The summed E-state index contributed by atoms with van der Waals surface area (Å²) in [4.78, 5) is 24.1. The van der Waals surface area contributed by atoms with Crippen molar-refractivity contribution in [1.82, 2.24) is 14.3 Å². The van der Waals surface area contributed by atoms with Crippen molar-refractivity contribution in [3.05, 3.63) is 34.9 Å². The zero-order valence-corrected chi connectivity index (χ0v) is 19.1. The van der Waals surface area contributed by atoms with Crippen LogP contribution in [-0.4, -0.2) is 50.8 Å². The fourth-order valence-corrected chi connectivity index (χ4v) is 4.97. The minimum atomic E-state index is -3.81. The molecule has 0 spiro atoms. The molecule has 1 unspecified atom stereocenters. The predicted octanol–water partition coefficient (Wildman–Crippen LogP) is 2.09. The Kier molecular flexibility index (Phi) is 9.09. The number of nitrogens with zero attached hydrogens (tertiary/aromatic N) is 1. The summed E-state index contributed by atoms with van der Waals surface area (Å²) in [5.74, 6) is -0.798. The van der Waals surface area contributed by atoms with Gasteiger partial charge in [-0.2, -0.15) is 17.4 Å². The van der Waals surface area contributed by atoms with Crippen LogP contribution in [0.25, 0.3) is 0 Å². The van der Waals surface area contributed by atoms with E-state index in [-0.39, 0.29) is 17.7 Å². The van der Waals surface area contributed by atoms with Gasteiger partial charge in [-0.15, -0.1) is 0 Å². The first-order chi connectivity index (χ1) is 14.1. The number of carbonyl (C=O) groups excluding carboxylic acids is 2. The van der Waals surface area contributed by atoms with Gasteiger partial charge in [-0.3, -0.25) is 9.59 Å². The Morgan fingerprint density at radius 2 is 1.80 bits per heavy atom. The lowest BCUT2D eigenvalue weighted by Gasteiger charge is -2.32. The van der Waals surface area contributed by atoms with E-state index < -0.39 is 22.2 Å². The van der Waals surface area contributed by atoms with E-state index in [1.165, 1.54) is 11.4 Å². The van der Waals surface area contributed by atoms with E-state index in [4.69, 9.17) is 16.3 Å². The van der Waals surface area contributed by atoms with E-state index in [2.05, 4.69) is 10.0 Å². The van der Waals surface area contributed by atoms with Gasteiger partial charge in [0, 0.05) is 31.1 Å². The molecule has 0 bridgehead atoms. The van der Waals surface area contributed by atoms with E-state index in [1.54, 1.807) is 26.0 Å². The number of rotatable bonds is 9. The molecule has 0 aliphatic carbocycles. The lowest BCUT2D eigenvalue weighted by atomic mass is 9.94. The maximum absolute atomic E-state index is 12.7. The minimum Gasteiger partial charge on any atom is -0.468 e. The molecule has 1 atom stereocenters. The summed E-state index contributed by atoms with van der Waals surface area (Å²) in [6, 6.07) is 6.33. The van der Waals surface area contributed by atoms with E-state index in [9.17, 15) is 18.0 Å². The fourth-order valence-electron chi connectivity index (χ4n) is 3.31. The summed E-state index contributed by atoms with van der Waals surface area (Å²) in [5.41, 5.74) is 0.963. The SMILES string of the molecule is COC(=O)C(NS(=O)(=O)N1CCC(CC(=O)NCc2ccc(Cl)cc2)CC1)C(C)C. The lowest BCUT2D eigenvalue weighted by Crippen LogP contribution is -2.52. The van der Waals surface area contributed by atoms with Crippen molar-refractivity contribution in [2.45, 2.75) is 45.7 Å². The summed E-state index contributed by atoms with van der Waals surface area (Å²) in [6.07, 6.45) is 1.52. The van der Waals surface area contributed by atoms with Crippen LogP contribution in [0.3, 0.4) is 0 Å². The molecule has 1 aromatic carbocycles. The molecular weight excluding hydrogens is 430 g/mol. The van der Waals surface area contributed by atoms with Crippen LogP contribution < -0.4 is 10.0 Å². The first-order valence-electron chi connectivity index (χ1n) is 9.98. The number of piperidine rings is 1. The van der Waals surface area contributed by atoms with Gasteiger partial charge in [0.25, 0.3) is 10.2 Å². The number of benzene rings is 1. The maximum Gasteiger partial charge on any atom is 0.324 e. The number of hydrogen-bond acceptors (Lipinski definition) is 5. The van der Waals surface area contributed by atoms with Gasteiger partial charge in [0.2, 0.25) is 5.91 Å². The smallest absolute Gasteiger partial charge is 0.324 e. The van der Waals surface area contributed by atoms with E-state index in [0.717, 1.165) is 5.56 Å². The Morgan fingerprint density at radius 3 is 2.33 bits per heavy atom. The van der Waals surface area contributed by atoms with Gasteiger partial charge in [0.15, 0.2) is 0 Å². The van der Waals surface area contributed by atoms with Gasteiger partial charge in [0.1, 0.15) is 6.04 Å². The number of hydrogen-bond donors (Lipinski definition) is 2. The van der Waals surface area contributed by atoms with E-state index >= 15 is 0 Å². The second-order valence-electron chi connectivity index (χ2n) is 7.82. The molecule has 1 aliphatic rings. The molecule has 8 nitrogen and oxygen atoms in total. The molecule has 1 amide bonds. The Bertz CT molecular complexity index is 821. The van der Waals surface area contributed by atoms with Gasteiger partial charge in [-0.25, -0.2) is 0 Å². The highest BCUT2D eigenvalue weighted by Crippen LogP contribution is 2.22. The fraction of sp³-hybridized carbons (Fsp3) is 0.600. The molecule has 1 aliphatic heterocycles. The maximum atomic E-state index is 12.7. The molecule has 10 heteroatoms. The second-order valence-corrected chi connectivity index (χ2v) is 9.96. The second kappa shape index (κ2) is 11.1. The molecule has 1 heterocycles. The highest BCUT2D eigenvalue weighted by atomic mass is 35.5. The van der Waals surface area contributed by atoms with Crippen molar-refractivity contribution >= 4 is 33.7 Å². The molecule has 1 aromatic rings. The molecule has 1 fully saturated rings. The van der Waals surface area contributed by atoms with E-state index in [0.29, 0.717) is 43.9 Å². The molecule has 2 rings (SSSR count). The third-order valence-electron chi connectivity index (χ3n) is 5.19. The number of halogens is 1. The Morgan fingerprint density at radius 1 is 1.20 bits per heavy atom.